The van der Waals surface area contributed by atoms with Crippen molar-refractivity contribution < 1.29 is 4.79 Å². The summed E-state index contributed by atoms with van der Waals surface area (Å²) in [5, 5.41) is 10.1. The SMILES string of the molecule is CC(C)Cn1c(CCC(N)=O)nnc1SCc1cccc(Cl)c1. The fraction of sp³-hybridized carbons (Fsp3) is 0.438. The van der Waals surface area contributed by atoms with Crippen LogP contribution in [0, 0.1) is 5.92 Å². The molecule has 0 spiro atoms. The van der Waals surface area contributed by atoms with Gasteiger partial charge in [0.2, 0.25) is 5.91 Å². The molecule has 0 aliphatic rings. The van der Waals surface area contributed by atoms with Gasteiger partial charge in [-0.3, -0.25) is 4.79 Å². The number of carbonyl (C=O) groups excluding carboxylic acids is 1. The molecule has 2 aromatic rings. The van der Waals surface area contributed by atoms with Gasteiger partial charge in [-0.25, -0.2) is 0 Å². The van der Waals surface area contributed by atoms with Crippen LogP contribution in [0.2, 0.25) is 5.02 Å². The summed E-state index contributed by atoms with van der Waals surface area (Å²) < 4.78 is 2.09. The van der Waals surface area contributed by atoms with E-state index >= 15 is 0 Å². The Kier molecular flexibility index (Phi) is 6.47. The first kappa shape index (κ1) is 17.8. The maximum absolute atomic E-state index is 11.0. The van der Waals surface area contributed by atoms with E-state index in [4.69, 9.17) is 17.3 Å². The molecule has 0 aliphatic heterocycles. The van der Waals surface area contributed by atoms with Gasteiger partial charge >= 0.3 is 0 Å². The molecule has 7 heteroatoms. The second-order valence-electron chi connectivity index (χ2n) is 5.79. The number of nitrogens with two attached hydrogens (primary N) is 1. The maximum atomic E-state index is 11.0. The molecule has 2 N–H and O–H groups in total. The highest BCUT2D eigenvalue weighted by atomic mass is 35.5. The number of nitrogens with zero attached hydrogens (tertiary/aromatic N) is 3. The zero-order valence-corrected chi connectivity index (χ0v) is 14.9. The number of hydrogen-bond donors (Lipinski definition) is 1. The summed E-state index contributed by atoms with van der Waals surface area (Å²) in [5.74, 6) is 1.72. The molecule has 0 aliphatic carbocycles. The number of primary amides is 1. The van der Waals surface area contributed by atoms with E-state index in [2.05, 4.69) is 28.6 Å². The Labute approximate surface area is 145 Å². The van der Waals surface area contributed by atoms with Crippen molar-refractivity contribution in [1.82, 2.24) is 14.8 Å². The summed E-state index contributed by atoms with van der Waals surface area (Å²) in [6.45, 7) is 5.10. The van der Waals surface area contributed by atoms with Crippen LogP contribution in [0.5, 0.6) is 0 Å². The molecule has 23 heavy (non-hydrogen) atoms. The lowest BCUT2D eigenvalue weighted by atomic mass is 10.2. The first-order valence-electron chi connectivity index (χ1n) is 7.53. The average Bonchev–Trinajstić information content (AvgIpc) is 2.84. The van der Waals surface area contributed by atoms with Crippen molar-refractivity contribution in [3.8, 4) is 0 Å². The van der Waals surface area contributed by atoms with Gasteiger partial charge in [-0.15, -0.1) is 10.2 Å². The lowest BCUT2D eigenvalue weighted by Crippen LogP contribution is -2.15. The Morgan fingerprint density at radius 2 is 2.17 bits per heavy atom. The summed E-state index contributed by atoms with van der Waals surface area (Å²) in [5.41, 5.74) is 6.37. The van der Waals surface area contributed by atoms with Crippen molar-refractivity contribution in [2.45, 2.75) is 44.1 Å². The van der Waals surface area contributed by atoms with Crippen molar-refractivity contribution in [2.24, 2.45) is 11.7 Å². The van der Waals surface area contributed by atoms with E-state index in [-0.39, 0.29) is 12.3 Å². The van der Waals surface area contributed by atoms with Crippen LogP contribution >= 0.6 is 23.4 Å². The number of halogens is 1. The highest BCUT2D eigenvalue weighted by molar-refractivity contribution is 7.98. The summed E-state index contributed by atoms with van der Waals surface area (Å²) in [7, 11) is 0. The molecule has 0 saturated carbocycles. The molecule has 1 amide bonds. The van der Waals surface area contributed by atoms with Crippen LogP contribution in [-0.4, -0.2) is 20.7 Å². The Balaban J connectivity index is 2.11. The number of rotatable bonds is 8. The standard InChI is InChI=1S/C16H21ClN4OS/c1-11(2)9-21-15(7-6-14(18)22)19-20-16(21)23-10-12-4-3-5-13(17)8-12/h3-5,8,11H,6-7,9-10H2,1-2H3,(H2,18,22). The lowest BCUT2D eigenvalue weighted by molar-refractivity contribution is -0.118. The largest absolute Gasteiger partial charge is 0.370 e. The second kappa shape index (κ2) is 8.36. The molecule has 0 bridgehead atoms. The summed E-state index contributed by atoms with van der Waals surface area (Å²) >= 11 is 7.64. The number of amides is 1. The number of thioether (sulfide) groups is 1. The third kappa shape index (κ3) is 5.55. The van der Waals surface area contributed by atoms with Gasteiger partial charge in [0.1, 0.15) is 5.82 Å². The molecule has 0 unspecified atom stereocenters. The third-order valence-corrected chi connectivity index (χ3v) is 4.47. The van der Waals surface area contributed by atoms with E-state index in [1.165, 1.54) is 0 Å². The van der Waals surface area contributed by atoms with Crippen LogP contribution in [0.15, 0.2) is 29.4 Å². The number of aromatic nitrogens is 3. The minimum Gasteiger partial charge on any atom is -0.370 e. The fourth-order valence-corrected chi connectivity index (χ4v) is 3.29. The van der Waals surface area contributed by atoms with Crippen LogP contribution in [0.25, 0.3) is 0 Å². The molecular formula is C16H21ClN4OS. The van der Waals surface area contributed by atoms with E-state index in [0.717, 1.165) is 33.9 Å². The van der Waals surface area contributed by atoms with E-state index < -0.39 is 0 Å². The van der Waals surface area contributed by atoms with Gasteiger partial charge in [-0.05, 0) is 23.6 Å². The fourth-order valence-electron chi connectivity index (χ4n) is 2.17. The molecule has 1 heterocycles. The average molecular weight is 353 g/mol. The van der Waals surface area contributed by atoms with Gasteiger partial charge in [-0.1, -0.05) is 49.3 Å². The number of aryl methyl sites for hydroxylation is 1. The van der Waals surface area contributed by atoms with Crippen LogP contribution in [0.3, 0.4) is 0 Å². The van der Waals surface area contributed by atoms with Crippen LogP contribution in [0.4, 0.5) is 0 Å². The zero-order chi connectivity index (χ0) is 16.8. The molecule has 0 fully saturated rings. The van der Waals surface area contributed by atoms with E-state index in [1.807, 2.05) is 24.3 Å². The van der Waals surface area contributed by atoms with Gasteiger partial charge < -0.3 is 10.3 Å². The number of carbonyl (C=O) groups is 1. The molecule has 5 nitrogen and oxygen atoms in total. The van der Waals surface area contributed by atoms with Gasteiger partial charge in [0.15, 0.2) is 5.16 Å². The first-order chi connectivity index (χ1) is 11.0. The number of benzene rings is 1. The van der Waals surface area contributed by atoms with E-state index in [0.29, 0.717) is 12.3 Å². The molecule has 0 radical (unpaired) electrons. The van der Waals surface area contributed by atoms with Crippen molar-refractivity contribution in [3.63, 3.8) is 0 Å². The van der Waals surface area contributed by atoms with Gasteiger partial charge in [0.25, 0.3) is 0 Å². The van der Waals surface area contributed by atoms with E-state index in [1.54, 1.807) is 11.8 Å². The minimum absolute atomic E-state index is 0.287. The van der Waals surface area contributed by atoms with Crippen LogP contribution in [-0.2, 0) is 23.5 Å². The Hall–Kier alpha value is -1.53. The molecule has 0 atom stereocenters. The topological polar surface area (TPSA) is 73.8 Å². The second-order valence-corrected chi connectivity index (χ2v) is 7.17. The van der Waals surface area contributed by atoms with Gasteiger partial charge in [0, 0.05) is 30.2 Å². The predicted molar refractivity (Wildman–Crippen MR) is 93.4 cm³/mol. The van der Waals surface area contributed by atoms with Crippen molar-refractivity contribution in [2.75, 3.05) is 0 Å². The first-order valence-corrected chi connectivity index (χ1v) is 8.89. The van der Waals surface area contributed by atoms with Gasteiger partial charge in [-0.2, -0.15) is 0 Å². The van der Waals surface area contributed by atoms with Crippen molar-refractivity contribution >= 4 is 29.3 Å². The summed E-state index contributed by atoms with van der Waals surface area (Å²) in [6.07, 6.45) is 0.808. The number of hydrogen-bond acceptors (Lipinski definition) is 4. The lowest BCUT2D eigenvalue weighted by Gasteiger charge is -2.12. The molecule has 124 valence electrons. The highest BCUT2D eigenvalue weighted by Gasteiger charge is 2.14. The molecular weight excluding hydrogens is 332 g/mol. The summed E-state index contributed by atoms with van der Waals surface area (Å²) in [4.78, 5) is 11.0. The Morgan fingerprint density at radius 3 is 2.83 bits per heavy atom. The predicted octanol–water partition coefficient (Wildman–Crippen LogP) is 3.30. The molecule has 0 saturated heterocycles. The molecule has 1 aromatic heterocycles. The summed E-state index contributed by atoms with van der Waals surface area (Å²) in [6, 6.07) is 7.79. The normalized spacial score (nSPS) is 11.1. The van der Waals surface area contributed by atoms with Crippen molar-refractivity contribution in [1.29, 1.82) is 0 Å². The smallest absolute Gasteiger partial charge is 0.217 e. The van der Waals surface area contributed by atoms with E-state index in [9.17, 15) is 4.79 Å². The third-order valence-electron chi connectivity index (χ3n) is 3.19. The van der Waals surface area contributed by atoms with Gasteiger partial charge in [0.05, 0.1) is 0 Å². The minimum atomic E-state index is -0.322. The quantitative estimate of drug-likeness (QED) is 0.740. The highest BCUT2D eigenvalue weighted by Crippen LogP contribution is 2.24. The zero-order valence-electron chi connectivity index (χ0n) is 13.3. The Morgan fingerprint density at radius 1 is 1.39 bits per heavy atom. The Bertz CT molecular complexity index is 672. The molecule has 2 rings (SSSR count). The maximum Gasteiger partial charge on any atom is 0.217 e. The van der Waals surface area contributed by atoms with Crippen molar-refractivity contribution in [3.05, 3.63) is 40.7 Å². The molecule has 1 aromatic carbocycles. The monoisotopic (exact) mass is 352 g/mol. The van der Waals surface area contributed by atoms with Crippen LogP contribution in [0.1, 0.15) is 31.7 Å². The van der Waals surface area contributed by atoms with Crippen LogP contribution < -0.4 is 5.73 Å².